The van der Waals surface area contributed by atoms with Gasteiger partial charge in [0, 0.05) is 28.1 Å². The van der Waals surface area contributed by atoms with E-state index in [1.54, 1.807) is 41.2 Å². The molecule has 0 bridgehead atoms. The van der Waals surface area contributed by atoms with Crippen LogP contribution in [0, 0.1) is 5.92 Å². The van der Waals surface area contributed by atoms with Crippen LogP contribution >= 0.6 is 23.2 Å². The molecule has 3 aromatic heterocycles. The maximum Gasteiger partial charge on any atom is 0.262 e. The summed E-state index contributed by atoms with van der Waals surface area (Å²) >= 11 is 12.3. The van der Waals surface area contributed by atoms with E-state index in [9.17, 15) is 9.59 Å². The standard InChI is InChI=1S/C27H18Cl2N8O3/c28-13-2-4-20(36-10-22(29)34-35-36)16(6-13)18-8-24(39)37-25(14-7-15(14)27(37)33-18)26-30-9-19(32-26)12-1-3-17-21(5-12)40-11-23(38)31-17/h1-6,8-10,14-15,25H,7,11H2,(H,30,32)(H,31,38). The Bertz CT molecular complexity index is 1930. The number of ether oxygens (including phenoxy) is 1. The molecule has 1 saturated carbocycles. The number of halogens is 2. The van der Waals surface area contributed by atoms with Crippen molar-refractivity contribution in [2.75, 3.05) is 11.9 Å². The van der Waals surface area contributed by atoms with Crippen molar-refractivity contribution in [3.05, 3.63) is 87.0 Å². The highest BCUT2D eigenvalue weighted by molar-refractivity contribution is 6.31. The van der Waals surface area contributed by atoms with Crippen molar-refractivity contribution in [1.82, 2.24) is 34.5 Å². The molecule has 2 aliphatic heterocycles. The minimum Gasteiger partial charge on any atom is -0.482 e. The van der Waals surface area contributed by atoms with Crippen LogP contribution in [0.5, 0.6) is 5.75 Å². The normalized spacial score (nSPS) is 20.4. The number of aromatic amines is 1. The monoisotopic (exact) mass is 572 g/mol. The van der Waals surface area contributed by atoms with Gasteiger partial charge in [-0.3, -0.25) is 14.2 Å². The van der Waals surface area contributed by atoms with Crippen LogP contribution in [0.3, 0.4) is 0 Å². The highest BCUT2D eigenvalue weighted by atomic mass is 35.5. The zero-order valence-electron chi connectivity index (χ0n) is 20.5. The molecule has 1 amide bonds. The lowest BCUT2D eigenvalue weighted by Crippen LogP contribution is -2.27. The van der Waals surface area contributed by atoms with E-state index in [0.717, 1.165) is 23.5 Å². The Morgan fingerprint density at radius 1 is 1.07 bits per heavy atom. The predicted octanol–water partition coefficient (Wildman–Crippen LogP) is 4.23. The molecule has 8 rings (SSSR count). The van der Waals surface area contributed by atoms with Gasteiger partial charge in [-0.05, 0) is 42.7 Å². The summed E-state index contributed by atoms with van der Waals surface area (Å²) in [5.41, 5.74) is 3.93. The van der Waals surface area contributed by atoms with E-state index in [0.29, 0.717) is 39.2 Å². The fourth-order valence-corrected chi connectivity index (χ4v) is 6.01. The third kappa shape index (κ3) is 3.65. The van der Waals surface area contributed by atoms with E-state index in [-0.39, 0.29) is 41.1 Å². The van der Waals surface area contributed by atoms with Gasteiger partial charge < -0.3 is 15.0 Å². The molecule has 40 heavy (non-hydrogen) atoms. The Hall–Kier alpha value is -4.48. The molecule has 5 aromatic rings. The molecule has 0 saturated heterocycles. The van der Waals surface area contributed by atoms with Gasteiger partial charge in [-0.15, -0.1) is 5.10 Å². The van der Waals surface area contributed by atoms with Gasteiger partial charge in [0.2, 0.25) is 0 Å². The number of anilines is 1. The number of carbonyl (C=O) groups excluding carboxylic acids is 1. The Balaban J connectivity index is 1.17. The smallest absolute Gasteiger partial charge is 0.262 e. The molecule has 0 spiro atoms. The molecule has 3 atom stereocenters. The van der Waals surface area contributed by atoms with Gasteiger partial charge in [0.1, 0.15) is 17.4 Å². The van der Waals surface area contributed by atoms with Crippen LogP contribution in [0.1, 0.15) is 30.0 Å². The van der Waals surface area contributed by atoms with Crippen LogP contribution < -0.4 is 15.6 Å². The lowest BCUT2D eigenvalue weighted by Gasteiger charge is -2.18. The number of hydrogen-bond acceptors (Lipinski definition) is 7. The highest BCUT2D eigenvalue weighted by Gasteiger charge is 2.55. The molecule has 13 heteroatoms. The third-order valence-electron chi connectivity index (χ3n) is 7.58. The minimum atomic E-state index is -0.246. The van der Waals surface area contributed by atoms with Gasteiger partial charge in [0.05, 0.1) is 41.2 Å². The SMILES string of the molecule is O=C1COc2cc(-c3cnc(C4C5CC5c5nc(-c6cc(Cl)ccc6-n6cc(Cl)nn6)cc(=O)n54)[nH]3)ccc2N1. The summed E-state index contributed by atoms with van der Waals surface area (Å²) in [5.74, 6) is 2.24. The molecule has 198 valence electrons. The number of benzene rings is 2. The molecule has 5 heterocycles. The van der Waals surface area contributed by atoms with Crippen molar-refractivity contribution in [3.8, 4) is 34.0 Å². The van der Waals surface area contributed by atoms with Crippen molar-refractivity contribution < 1.29 is 9.53 Å². The number of hydrogen-bond donors (Lipinski definition) is 2. The van der Waals surface area contributed by atoms with Crippen LogP contribution in [-0.2, 0) is 4.79 Å². The van der Waals surface area contributed by atoms with E-state index >= 15 is 0 Å². The lowest BCUT2D eigenvalue weighted by atomic mass is 10.1. The zero-order valence-corrected chi connectivity index (χ0v) is 22.0. The molecule has 2 aromatic carbocycles. The molecule has 1 fully saturated rings. The second kappa shape index (κ2) is 8.51. The van der Waals surface area contributed by atoms with E-state index in [4.69, 9.17) is 32.9 Å². The van der Waals surface area contributed by atoms with Gasteiger partial charge in [-0.1, -0.05) is 34.5 Å². The Morgan fingerprint density at radius 3 is 2.83 bits per heavy atom. The molecule has 3 aliphatic rings. The van der Waals surface area contributed by atoms with E-state index in [1.165, 1.54) is 10.7 Å². The molecule has 11 nitrogen and oxygen atoms in total. The van der Waals surface area contributed by atoms with Crippen molar-refractivity contribution >= 4 is 34.8 Å². The first-order valence-corrected chi connectivity index (χ1v) is 13.3. The van der Waals surface area contributed by atoms with Crippen LogP contribution in [0.25, 0.3) is 28.2 Å². The Labute approximate surface area is 235 Å². The lowest BCUT2D eigenvalue weighted by molar-refractivity contribution is -0.118. The number of nitrogens with zero attached hydrogens (tertiary/aromatic N) is 6. The van der Waals surface area contributed by atoms with Crippen LogP contribution in [0.15, 0.2) is 59.7 Å². The van der Waals surface area contributed by atoms with Crippen molar-refractivity contribution in [2.24, 2.45) is 5.92 Å². The van der Waals surface area contributed by atoms with Crippen molar-refractivity contribution in [2.45, 2.75) is 18.4 Å². The number of rotatable bonds is 4. The van der Waals surface area contributed by atoms with E-state index in [1.807, 2.05) is 12.1 Å². The first kappa shape index (κ1) is 23.4. The molecule has 3 unspecified atom stereocenters. The van der Waals surface area contributed by atoms with Crippen LogP contribution in [0.2, 0.25) is 10.2 Å². The van der Waals surface area contributed by atoms with Crippen LogP contribution in [-0.4, -0.2) is 47.0 Å². The summed E-state index contributed by atoms with van der Waals surface area (Å²) in [7, 11) is 0. The number of carbonyl (C=O) groups is 1. The largest absolute Gasteiger partial charge is 0.482 e. The first-order valence-electron chi connectivity index (χ1n) is 12.6. The Kier molecular flexibility index (Phi) is 4.98. The molecule has 1 aliphatic carbocycles. The number of H-pyrrole nitrogens is 1. The van der Waals surface area contributed by atoms with Crippen LogP contribution in [0.4, 0.5) is 5.69 Å². The maximum atomic E-state index is 13.6. The zero-order chi connectivity index (χ0) is 27.1. The number of aromatic nitrogens is 7. The van der Waals surface area contributed by atoms with E-state index in [2.05, 4.69) is 25.6 Å². The van der Waals surface area contributed by atoms with Crippen molar-refractivity contribution in [3.63, 3.8) is 0 Å². The summed E-state index contributed by atoms with van der Waals surface area (Å²) in [5, 5.41) is 11.5. The van der Waals surface area contributed by atoms with E-state index < -0.39 is 0 Å². The summed E-state index contributed by atoms with van der Waals surface area (Å²) in [6.45, 7) is -0.0201. The molecule has 2 N–H and O–H groups in total. The van der Waals surface area contributed by atoms with Gasteiger partial charge in [-0.2, -0.15) is 0 Å². The summed E-state index contributed by atoms with van der Waals surface area (Å²) in [6.07, 6.45) is 4.26. The number of amides is 1. The average Bonchev–Trinajstić information content (AvgIpc) is 3.23. The van der Waals surface area contributed by atoms with Gasteiger partial charge in [0.15, 0.2) is 11.8 Å². The third-order valence-corrected chi connectivity index (χ3v) is 7.99. The quantitative estimate of drug-likeness (QED) is 0.329. The van der Waals surface area contributed by atoms with Gasteiger partial charge >= 0.3 is 0 Å². The maximum absolute atomic E-state index is 13.6. The topological polar surface area (TPSA) is 133 Å². The second-order valence-electron chi connectivity index (χ2n) is 10.0. The number of nitrogens with one attached hydrogen (secondary N) is 2. The summed E-state index contributed by atoms with van der Waals surface area (Å²) < 4.78 is 8.84. The average molecular weight is 573 g/mol. The van der Waals surface area contributed by atoms with Gasteiger partial charge in [0.25, 0.3) is 11.5 Å². The fraction of sp³-hybridized carbons (Fsp3) is 0.185. The number of fused-ring (bicyclic) bond motifs is 4. The second-order valence-corrected chi connectivity index (χ2v) is 10.9. The highest BCUT2D eigenvalue weighted by Crippen LogP contribution is 2.59. The first-order chi connectivity index (χ1) is 19.4. The summed E-state index contributed by atoms with van der Waals surface area (Å²) in [6, 6.07) is 12.1. The fourth-order valence-electron chi connectivity index (χ4n) is 5.72. The molecule has 0 radical (unpaired) electrons. The van der Waals surface area contributed by atoms with Crippen molar-refractivity contribution in [1.29, 1.82) is 0 Å². The molecular formula is C27H18Cl2N8O3. The minimum absolute atomic E-state index is 0.0201. The molecular weight excluding hydrogens is 555 g/mol. The Morgan fingerprint density at radius 2 is 1.98 bits per heavy atom. The predicted molar refractivity (Wildman–Crippen MR) is 146 cm³/mol. The number of imidazole rings is 1. The van der Waals surface area contributed by atoms with Gasteiger partial charge in [-0.25, -0.2) is 14.6 Å². The summed E-state index contributed by atoms with van der Waals surface area (Å²) in [4.78, 5) is 38.2.